The Labute approximate surface area is 158 Å². The van der Waals surface area contributed by atoms with Gasteiger partial charge in [-0.05, 0) is 23.3 Å². The Bertz CT molecular complexity index is 1080. The molecule has 4 aromatic rings. The van der Waals surface area contributed by atoms with Crippen LogP contribution in [-0.4, -0.2) is 41.7 Å². The number of rotatable bonds is 3. The first kappa shape index (κ1) is 18.7. The Hall–Kier alpha value is -4.08. The van der Waals surface area contributed by atoms with Crippen molar-refractivity contribution in [3.63, 3.8) is 0 Å². The molecular formula is C18H14N6O4-2. The summed E-state index contributed by atoms with van der Waals surface area (Å²) in [7, 11) is 1.89. The molecule has 1 atom stereocenters. The second-order valence-corrected chi connectivity index (χ2v) is 5.72. The maximum Gasteiger partial charge on any atom is 0.137 e. The van der Waals surface area contributed by atoms with Gasteiger partial charge in [0.25, 0.3) is 0 Å². The van der Waals surface area contributed by atoms with Gasteiger partial charge in [0.1, 0.15) is 24.2 Å². The molecule has 0 aliphatic rings. The molecule has 0 saturated carbocycles. The molecule has 28 heavy (non-hydrogen) atoms. The van der Waals surface area contributed by atoms with Crippen LogP contribution in [0.15, 0.2) is 61.2 Å². The molecular weight excluding hydrogens is 364 g/mol. The van der Waals surface area contributed by atoms with Crippen LogP contribution in [0.3, 0.4) is 0 Å². The lowest BCUT2D eigenvalue weighted by molar-refractivity contribution is -0.345. The fraction of sp³-hybridized carbons (Fsp3) is 0.111. The van der Waals surface area contributed by atoms with E-state index in [0.29, 0.717) is 0 Å². The summed E-state index contributed by atoms with van der Waals surface area (Å²) in [6.45, 7) is 0. The zero-order valence-electron chi connectivity index (χ0n) is 14.7. The van der Waals surface area contributed by atoms with Crippen LogP contribution >= 0.6 is 0 Å². The number of benzene rings is 2. The van der Waals surface area contributed by atoms with Crippen molar-refractivity contribution in [2.45, 2.75) is 6.04 Å². The molecule has 10 heteroatoms. The van der Waals surface area contributed by atoms with Crippen LogP contribution < -0.4 is 10.2 Å². The van der Waals surface area contributed by atoms with Crippen molar-refractivity contribution in [3.8, 4) is 0 Å². The molecule has 10 nitrogen and oxygen atoms in total. The Balaban J connectivity index is 0.000000330. The first-order valence-electron chi connectivity index (χ1n) is 8.08. The minimum Gasteiger partial charge on any atom is -0.543 e. The van der Waals surface area contributed by atoms with Crippen LogP contribution in [0.4, 0.5) is 0 Å². The highest BCUT2D eigenvalue weighted by Crippen LogP contribution is 2.27. The predicted molar refractivity (Wildman–Crippen MR) is 92.2 cm³/mol. The van der Waals surface area contributed by atoms with Crippen LogP contribution in [0.25, 0.3) is 11.0 Å². The van der Waals surface area contributed by atoms with E-state index in [0.717, 1.165) is 22.2 Å². The van der Waals surface area contributed by atoms with Crippen molar-refractivity contribution in [2.75, 3.05) is 0 Å². The van der Waals surface area contributed by atoms with E-state index in [2.05, 4.69) is 44.7 Å². The number of carboxylic acids is 2. The van der Waals surface area contributed by atoms with Crippen molar-refractivity contribution in [1.29, 1.82) is 0 Å². The third-order valence-corrected chi connectivity index (χ3v) is 3.93. The third kappa shape index (κ3) is 4.01. The average molecular weight is 378 g/mol. The number of hydrogen-bond donors (Lipinski definition) is 0. The van der Waals surface area contributed by atoms with Crippen molar-refractivity contribution < 1.29 is 19.8 Å². The van der Waals surface area contributed by atoms with Crippen molar-refractivity contribution >= 4 is 23.0 Å². The smallest absolute Gasteiger partial charge is 0.137 e. The van der Waals surface area contributed by atoms with Gasteiger partial charge in [0, 0.05) is 7.05 Å². The average Bonchev–Trinajstić information content (AvgIpc) is 3.34. The number of carboxylic acid groups (broad SMARTS) is 2. The number of aromatic nitrogens is 6. The lowest BCUT2D eigenvalue weighted by atomic mass is 9.98. The molecule has 0 aliphatic heterocycles. The van der Waals surface area contributed by atoms with Crippen LogP contribution in [0.2, 0.25) is 0 Å². The van der Waals surface area contributed by atoms with Gasteiger partial charge in [0.15, 0.2) is 0 Å². The summed E-state index contributed by atoms with van der Waals surface area (Å²) in [5.74, 6) is -4.37. The highest BCUT2D eigenvalue weighted by atomic mass is 16.4. The summed E-state index contributed by atoms with van der Waals surface area (Å²) in [4.78, 5) is 21.9. The van der Waals surface area contributed by atoms with Crippen LogP contribution in [0, 0.1) is 0 Å². The van der Waals surface area contributed by atoms with E-state index in [4.69, 9.17) is 19.8 Å². The molecule has 0 saturated heterocycles. The molecule has 4 rings (SSSR count). The predicted octanol–water partition coefficient (Wildman–Crippen LogP) is -1.32. The number of nitrogens with zero attached hydrogens (tertiary/aromatic N) is 6. The zero-order valence-corrected chi connectivity index (χ0v) is 14.7. The highest BCUT2D eigenvalue weighted by Gasteiger charge is 2.18. The summed E-state index contributed by atoms with van der Waals surface area (Å²) < 4.78 is 3.64. The Morgan fingerprint density at radius 3 is 2.32 bits per heavy atom. The van der Waals surface area contributed by atoms with Crippen LogP contribution in [0.1, 0.15) is 17.2 Å². The maximum absolute atomic E-state index is 8.93. The van der Waals surface area contributed by atoms with Gasteiger partial charge >= 0.3 is 0 Å². The Morgan fingerprint density at radius 1 is 1.00 bits per heavy atom. The van der Waals surface area contributed by atoms with Gasteiger partial charge in [-0.2, -0.15) is 5.10 Å². The quantitative estimate of drug-likeness (QED) is 0.400. The van der Waals surface area contributed by atoms with E-state index >= 15 is 0 Å². The molecule has 0 aliphatic carbocycles. The zero-order chi connectivity index (χ0) is 20.1. The van der Waals surface area contributed by atoms with Crippen LogP contribution in [0.5, 0.6) is 0 Å². The second-order valence-electron chi connectivity index (χ2n) is 5.72. The molecule has 2 aromatic carbocycles. The molecule has 2 heterocycles. The summed E-state index contributed by atoms with van der Waals surface area (Å²) in [5.41, 5.74) is 4.16. The SMILES string of the molecule is Cn1nnc2ccc(C(c3ccccc3)n3cncn3)cc21.O=C([O-])C(=O)[O-]. The second kappa shape index (κ2) is 8.08. The summed E-state index contributed by atoms with van der Waals surface area (Å²) in [5, 5.41) is 30.4. The number of hydrogen-bond acceptors (Lipinski definition) is 8. The fourth-order valence-corrected chi connectivity index (χ4v) is 2.70. The molecule has 142 valence electrons. The number of aliphatic carboxylic acids is 2. The van der Waals surface area contributed by atoms with Gasteiger partial charge in [-0.15, -0.1) is 5.10 Å². The number of carbonyl (C=O) groups excluding carboxylic acids is 2. The van der Waals surface area contributed by atoms with Gasteiger partial charge in [-0.1, -0.05) is 41.6 Å². The van der Waals surface area contributed by atoms with Gasteiger partial charge in [0.05, 0.1) is 17.5 Å². The number of aryl methyl sites for hydroxylation is 1. The molecule has 0 spiro atoms. The van der Waals surface area contributed by atoms with E-state index < -0.39 is 11.9 Å². The summed E-state index contributed by atoms with van der Waals surface area (Å²) in [6.07, 6.45) is 3.30. The van der Waals surface area contributed by atoms with Gasteiger partial charge in [0.2, 0.25) is 0 Å². The van der Waals surface area contributed by atoms with E-state index in [1.807, 2.05) is 36.0 Å². The van der Waals surface area contributed by atoms with Crippen molar-refractivity contribution in [3.05, 3.63) is 72.3 Å². The fourth-order valence-electron chi connectivity index (χ4n) is 2.70. The number of carbonyl (C=O) groups is 2. The largest absolute Gasteiger partial charge is 0.543 e. The molecule has 0 N–H and O–H groups in total. The third-order valence-electron chi connectivity index (χ3n) is 3.93. The molecule has 1 unspecified atom stereocenters. The molecule has 0 bridgehead atoms. The van der Waals surface area contributed by atoms with Gasteiger partial charge < -0.3 is 19.8 Å². The van der Waals surface area contributed by atoms with Gasteiger partial charge in [-0.25, -0.2) is 14.3 Å². The Morgan fingerprint density at radius 2 is 1.71 bits per heavy atom. The number of fused-ring (bicyclic) bond motifs is 1. The first-order chi connectivity index (χ1) is 13.5. The Kier molecular flexibility index (Phi) is 5.40. The van der Waals surface area contributed by atoms with E-state index in [9.17, 15) is 0 Å². The van der Waals surface area contributed by atoms with E-state index in [-0.39, 0.29) is 6.04 Å². The lowest BCUT2D eigenvalue weighted by Crippen LogP contribution is -2.42. The molecule has 0 amide bonds. The maximum atomic E-state index is 8.93. The van der Waals surface area contributed by atoms with E-state index in [1.165, 1.54) is 0 Å². The summed E-state index contributed by atoms with van der Waals surface area (Å²) in [6, 6.07) is 16.4. The molecule has 0 fully saturated rings. The highest BCUT2D eigenvalue weighted by molar-refractivity contribution is 6.25. The monoisotopic (exact) mass is 378 g/mol. The minimum atomic E-state index is -2.19. The first-order valence-corrected chi connectivity index (χ1v) is 8.08. The van der Waals surface area contributed by atoms with Crippen molar-refractivity contribution in [2.24, 2.45) is 7.05 Å². The minimum absolute atomic E-state index is 0.0250. The standard InChI is InChI=1S/C16H14N6.C2H2O4/c1-21-15-9-13(7-8-14(15)19-20-21)16(22-11-17-10-18-22)12-5-3-2-4-6-12;3-1(4)2(5)6/h2-11,16H,1H3;(H,3,4)(H,5,6)/p-2. The topological polar surface area (TPSA) is 142 Å². The van der Waals surface area contributed by atoms with E-state index in [1.54, 1.807) is 17.3 Å². The van der Waals surface area contributed by atoms with Gasteiger partial charge in [-0.3, -0.25) is 0 Å². The lowest BCUT2D eigenvalue weighted by Gasteiger charge is -2.18. The summed E-state index contributed by atoms with van der Waals surface area (Å²) >= 11 is 0. The van der Waals surface area contributed by atoms with Crippen LogP contribution in [-0.2, 0) is 16.6 Å². The molecule has 0 radical (unpaired) electrons. The normalized spacial score (nSPS) is 11.5. The van der Waals surface area contributed by atoms with Crippen molar-refractivity contribution in [1.82, 2.24) is 29.8 Å². The molecule has 2 aromatic heterocycles.